The molecular weight excluding hydrogens is 298 g/mol. The summed E-state index contributed by atoms with van der Waals surface area (Å²) in [4.78, 5) is 1.98. The van der Waals surface area contributed by atoms with Crippen LogP contribution in [0, 0.1) is 23.3 Å². The zero-order valence-electron chi connectivity index (χ0n) is 13.1. The number of halogens is 4. The van der Waals surface area contributed by atoms with Crippen LogP contribution in [0.25, 0.3) is 6.08 Å². The van der Waals surface area contributed by atoms with Crippen LogP contribution < -0.4 is 4.74 Å². The second-order valence-electron chi connectivity index (χ2n) is 4.74. The molecular formula is C16H21F4NO. The first-order valence-electron chi connectivity index (χ1n) is 7.35. The molecule has 0 aromatic heterocycles. The molecule has 0 fully saturated rings. The van der Waals surface area contributed by atoms with E-state index in [1.807, 2.05) is 18.7 Å². The number of hydrogen-bond acceptors (Lipinski definition) is 2. The van der Waals surface area contributed by atoms with Crippen molar-refractivity contribution in [2.75, 3.05) is 26.2 Å². The maximum absolute atomic E-state index is 13.9. The highest BCUT2D eigenvalue weighted by atomic mass is 19.2. The number of benzene rings is 1. The standard InChI is InChI=1S/C16H21F4NO/c1-4-10-22-16-14(19)12(17)11(13(18)15(16)20)8-7-9-21(5-2)6-3/h7-8H,4-6,9-10H2,1-3H3. The largest absolute Gasteiger partial charge is 0.487 e. The van der Waals surface area contributed by atoms with Crippen molar-refractivity contribution in [3.8, 4) is 5.75 Å². The maximum atomic E-state index is 13.9. The first-order chi connectivity index (χ1) is 10.5. The van der Waals surface area contributed by atoms with Gasteiger partial charge in [-0.15, -0.1) is 0 Å². The van der Waals surface area contributed by atoms with E-state index in [4.69, 9.17) is 4.74 Å². The lowest BCUT2D eigenvalue weighted by Gasteiger charge is -2.15. The average molecular weight is 319 g/mol. The molecule has 0 bridgehead atoms. The Labute approximate surface area is 128 Å². The molecule has 2 nitrogen and oxygen atoms in total. The average Bonchev–Trinajstić information content (AvgIpc) is 2.52. The minimum atomic E-state index is -1.50. The van der Waals surface area contributed by atoms with E-state index >= 15 is 0 Å². The summed E-state index contributed by atoms with van der Waals surface area (Å²) in [5, 5.41) is 0. The normalized spacial score (nSPS) is 11.6. The van der Waals surface area contributed by atoms with E-state index in [0.29, 0.717) is 13.0 Å². The van der Waals surface area contributed by atoms with Crippen molar-refractivity contribution in [2.45, 2.75) is 27.2 Å². The van der Waals surface area contributed by atoms with Crippen LogP contribution in [0.15, 0.2) is 6.08 Å². The first kappa shape index (κ1) is 18.5. The highest BCUT2D eigenvalue weighted by Gasteiger charge is 2.25. The van der Waals surface area contributed by atoms with Gasteiger partial charge < -0.3 is 9.64 Å². The van der Waals surface area contributed by atoms with Gasteiger partial charge in [0.1, 0.15) is 0 Å². The van der Waals surface area contributed by atoms with E-state index in [2.05, 4.69) is 0 Å². The molecule has 0 saturated carbocycles. The number of likely N-dealkylation sites (N-methyl/N-ethyl adjacent to an activating group) is 1. The Morgan fingerprint density at radius 1 is 0.909 bits per heavy atom. The summed E-state index contributed by atoms with van der Waals surface area (Å²) in [6.45, 7) is 7.53. The number of hydrogen-bond donors (Lipinski definition) is 0. The quantitative estimate of drug-likeness (QED) is 0.520. The van der Waals surface area contributed by atoms with Crippen molar-refractivity contribution in [1.82, 2.24) is 4.90 Å². The van der Waals surface area contributed by atoms with Gasteiger partial charge in [0.2, 0.25) is 11.6 Å². The molecule has 22 heavy (non-hydrogen) atoms. The molecule has 0 aliphatic carbocycles. The Balaban J connectivity index is 3.09. The van der Waals surface area contributed by atoms with Gasteiger partial charge in [-0.2, -0.15) is 8.78 Å². The molecule has 0 saturated heterocycles. The molecule has 0 unspecified atom stereocenters. The summed E-state index contributed by atoms with van der Waals surface area (Å²) >= 11 is 0. The van der Waals surface area contributed by atoms with Crippen LogP contribution in [0.4, 0.5) is 17.6 Å². The molecule has 0 aliphatic rings. The lowest BCUT2D eigenvalue weighted by molar-refractivity contribution is 0.271. The Bertz CT molecular complexity index is 498. The molecule has 1 rings (SSSR count). The minimum Gasteiger partial charge on any atom is -0.487 e. The number of nitrogens with zero attached hydrogens (tertiary/aromatic N) is 1. The first-order valence-corrected chi connectivity index (χ1v) is 7.35. The van der Waals surface area contributed by atoms with Crippen LogP contribution in [0.5, 0.6) is 5.75 Å². The predicted octanol–water partition coefficient (Wildman–Crippen LogP) is 4.39. The van der Waals surface area contributed by atoms with Gasteiger partial charge in [0.25, 0.3) is 0 Å². The molecule has 0 N–H and O–H groups in total. The van der Waals surface area contributed by atoms with E-state index in [9.17, 15) is 17.6 Å². The highest BCUT2D eigenvalue weighted by Crippen LogP contribution is 2.30. The summed E-state index contributed by atoms with van der Waals surface area (Å²) in [7, 11) is 0. The van der Waals surface area contributed by atoms with Crippen molar-refractivity contribution in [2.24, 2.45) is 0 Å². The van der Waals surface area contributed by atoms with Crippen molar-refractivity contribution in [3.63, 3.8) is 0 Å². The lowest BCUT2D eigenvalue weighted by Crippen LogP contribution is -2.22. The van der Waals surface area contributed by atoms with E-state index in [0.717, 1.165) is 19.2 Å². The van der Waals surface area contributed by atoms with E-state index in [1.165, 1.54) is 6.08 Å². The van der Waals surface area contributed by atoms with Gasteiger partial charge in [-0.1, -0.05) is 32.9 Å². The number of ether oxygens (including phenoxy) is 1. The van der Waals surface area contributed by atoms with Crippen LogP contribution in [-0.4, -0.2) is 31.1 Å². The van der Waals surface area contributed by atoms with E-state index in [1.54, 1.807) is 6.92 Å². The molecule has 0 heterocycles. The molecule has 0 atom stereocenters. The summed E-state index contributed by atoms with van der Waals surface area (Å²) in [5.41, 5.74) is -0.731. The van der Waals surface area contributed by atoms with Crippen molar-refractivity contribution in [1.29, 1.82) is 0 Å². The van der Waals surface area contributed by atoms with Crippen LogP contribution in [0.2, 0.25) is 0 Å². The monoisotopic (exact) mass is 319 g/mol. The van der Waals surface area contributed by atoms with Crippen LogP contribution >= 0.6 is 0 Å². The topological polar surface area (TPSA) is 12.5 Å². The highest BCUT2D eigenvalue weighted by molar-refractivity contribution is 5.54. The fourth-order valence-electron chi connectivity index (χ4n) is 1.91. The number of rotatable bonds is 8. The van der Waals surface area contributed by atoms with Gasteiger partial charge in [-0.3, -0.25) is 0 Å². The third-order valence-corrected chi connectivity index (χ3v) is 3.25. The maximum Gasteiger partial charge on any atom is 0.204 e. The summed E-state index contributed by atoms with van der Waals surface area (Å²) in [5.74, 6) is -6.90. The van der Waals surface area contributed by atoms with Gasteiger partial charge in [-0.05, 0) is 19.5 Å². The molecule has 6 heteroatoms. The third kappa shape index (κ3) is 4.22. The smallest absolute Gasteiger partial charge is 0.204 e. The minimum absolute atomic E-state index is 0.0239. The summed E-state index contributed by atoms with van der Waals surface area (Å²) in [6.07, 6.45) is 2.99. The second kappa shape index (κ2) is 8.78. The molecule has 0 radical (unpaired) electrons. The Morgan fingerprint density at radius 3 is 1.91 bits per heavy atom. The van der Waals surface area contributed by atoms with Crippen LogP contribution in [0.1, 0.15) is 32.8 Å². The van der Waals surface area contributed by atoms with Crippen LogP contribution in [0.3, 0.4) is 0 Å². The van der Waals surface area contributed by atoms with E-state index < -0.39 is 34.6 Å². The lowest BCUT2D eigenvalue weighted by atomic mass is 10.1. The Hall–Kier alpha value is -1.56. The predicted molar refractivity (Wildman–Crippen MR) is 78.9 cm³/mol. The van der Waals surface area contributed by atoms with E-state index in [-0.39, 0.29) is 6.61 Å². The zero-order chi connectivity index (χ0) is 16.7. The molecule has 1 aromatic rings. The fourth-order valence-corrected chi connectivity index (χ4v) is 1.91. The summed E-state index contributed by atoms with van der Waals surface area (Å²) < 4.78 is 60.1. The molecule has 0 spiro atoms. The van der Waals surface area contributed by atoms with Gasteiger partial charge in [-0.25, -0.2) is 8.78 Å². The van der Waals surface area contributed by atoms with Crippen molar-refractivity contribution < 1.29 is 22.3 Å². The van der Waals surface area contributed by atoms with Gasteiger partial charge in [0.05, 0.1) is 12.2 Å². The molecule has 0 aliphatic heterocycles. The Morgan fingerprint density at radius 2 is 1.45 bits per heavy atom. The fraction of sp³-hybridized carbons (Fsp3) is 0.500. The molecule has 0 amide bonds. The summed E-state index contributed by atoms with van der Waals surface area (Å²) in [6, 6.07) is 0. The third-order valence-electron chi connectivity index (χ3n) is 3.25. The Kier molecular flexibility index (Phi) is 7.38. The van der Waals surface area contributed by atoms with Crippen LogP contribution in [-0.2, 0) is 0 Å². The van der Waals surface area contributed by atoms with Gasteiger partial charge >= 0.3 is 0 Å². The van der Waals surface area contributed by atoms with Gasteiger partial charge in [0.15, 0.2) is 17.4 Å². The zero-order valence-corrected chi connectivity index (χ0v) is 13.1. The van der Waals surface area contributed by atoms with Gasteiger partial charge in [0, 0.05) is 6.54 Å². The molecule has 124 valence electrons. The molecule has 1 aromatic carbocycles. The SMILES string of the molecule is CCCOc1c(F)c(F)c(C=CCN(CC)CC)c(F)c1F. The van der Waals surface area contributed by atoms with Crippen molar-refractivity contribution >= 4 is 6.08 Å². The second-order valence-corrected chi connectivity index (χ2v) is 4.74. The van der Waals surface area contributed by atoms with Crippen molar-refractivity contribution in [3.05, 3.63) is 34.9 Å².